The van der Waals surface area contributed by atoms with Crippen LogP contribution in [0.5, 0.6) is 0 Å². The third kappa shape index (κ3) is 4.14. The van der Waals surface area contributed by atoms with Crippen molar-refractivity contribution in [3.63, 3.8) is 0 Å². The van der Waals surface area contributed by atoms with E-state index in [0.717, 1.165) is 50.5 Å². The van der Waals surface area contributed by atoms with E-state index in [2.05, 4.69) is 34.9 Å². The third-order valence-corrected chi connectivity index (χ3v) is 4.34. The second-order valence-electron chi connectivity index (χ2n) is 6.66. The van der Waals surface area contributed by atoms with E-state index in [1.807, 2.05) is 18.7 Å². The number of hydrogen-bond donors (Lipinski definition) is 1. The van der Waals surface area contributed by atoms with Crippen LogP contribution in [0, 0.1) is 12.3 Å². The molecule has 0 saturated carbocycles. The Morgan fingerprint density at radius 3 is 2.76 bits per heavy atom. The zero-order chi connectivity index (χ0) is 15.5. The fourth-order valence-electron chi connectivity index (χ4n) is 3.12. The van der Waals surface area contributed by atoms with Gasteiger partial charge in [0.1, 0.15) is 11.6 Å². The molecule has 1 fully saturated rings. The molecule has 21 heavy (non-hydrogen) atoms. The molecule has 0 aliphatic carbocycles. The van der Waals surface area contributed by atoms with Crippen molar-refractivity contribution in [2.45, 2.75) is 46.6 Å². The van der Waals surface area contributed by atoms with Crippen LogP contribution < -0.4 is 0 Å². The van der Waals surface area contributed by atoms with Crippen molar-refractivity contribution < 1.29 is 5.11 Å². The Morgan fingerprint density at radius 1 is 1.43 bits per heavy atom. The number of nitrogens with zero attached hydrogens (tertiary/aromatic N) is 4. The molecule has 1 aliphatic heterocycles. The van der Waals surface area contributed by atoms with Crippen molar-refractivity contribution in [1.82, 2.24) is 19.7 Å². The standard InChI is InChI=1S/C16H28N4O/c1-13(2)6-8-16(12-21)7-5-9-20(11-16)10-15-17-14(3)18-19(15)4/h6,21H,5,7-12H2,1-4H3. The predicted octanol–water partition coefficient (Wildman–Crippen LogP) is 2.05. The Bertz CT molecular complexity index is 504. The molecule has 0 bridgehead atoms. The minimum atomic E-state index is 0.00313. The topological polar surface area (TPSA) is 54.2 Å². The van der Waals surface area contributed by atoms with E-state index >= 15 is 0 Å². The molecule has 1 unspecified atom stereocenters. The summed E-state index contributed by atoms with van der Waals surface area (Å²) in [6, 6.07) is 0. The van der Waals surface area contributed by atoms with Crippen molar-refractivity contribution in [2.75, 3.05) is 19.7 Å². The van der Waals surface area contributed by atoms with Gasteiger partial charge < -0.3 is 5.11 Å². The molecule has 5 nitrogen and oxygen atoms in total. The Kier molecular flexibility index (Phi) is 5.17. The lowest BCUT2D eigenvalue weighted by Crippen LogP contribution is -2.45. The molecule has 118 valence electrons. The summed E-state index contributed by atoms with van der Waals surface area (Å²) in [5.74, 6) is 1.82. The number of aliphatic hydroxyl groups excluding tert-OH is 1. The van der Waals surface area contributed by atoms with Crippen LogP contribution in [0.15, 0.2) is 11.6 Å². The highest BCUT2D eigenvalue weighted by molar-refractivity contribution is 5.00. The average Bonchev–Trinajstić information content (AvgIpc) is 2.75. The van der Waals surface area contributed by atoms with E-state index < -0.39 is 0 Å². The van der Waals surface area contributed by atoms with Crippen molar-refractivity contribution >= 4 is 0 Å². The molecule has 2 rings (SSSR count). The minimum Gasteiger partial charge on any atom is -0.396 e. The molecule has 0 aromatic carbocycles. The maximum absolute atomic E-state index is 9.91. The lowest BCUT2D eigenvalue weighted by atomic mass is 9.77. The van der Waals surface area contributed by atoms with Crippen molar-refractivity contribution in [2.24, 2.45) is 12.5 Å². The molecule has 1 N–H and O–H groups in total. The van der Waals surface area contributed by atoms with Gasteiger partial charge >= 0.3 is 0 Å². The molecule has 0 spiro atoms. The third-order valence-electron chi connectivity index (χ3n) is 4.34. The molecule has 1 aromatic heterocycles. The summed E-state index contributed by atoms with van der Waals surface area (Å²) in [6.07, 6.45) is 5.45. The largest absolute Gasteiger partial charge is 0.396 e. The average molecular weight is 292 g/mol. The summed E-state index contributed by atoms with van der Waals surface area (Å²) >= 11 is 0. The Hall–Kier alpha value is -1.20. The Labute approximate surface area is 127 Å². The monoisotopic (exact) mass is 292 g/mol. The zero-order valence-corrected chi connectivity index (χ0v) is 13.8. The molecule has 1 atom stereocenters. The second kappa shape index (κ2) is 6.71. The number of allylic oxidation sites excluding steroid dienone is 2. The van der Waals surface area contributed by atoms with Crippen molar-refractivity contribution in [1.29, 1.82) is 0 Å². The van der Waals surface area contributed by atoms with Gasteiger partial charge in [-0.2, -0.15) is 5.10 Å². The number of piperidine rings is 1. The van der Waals surface area contributed by atoms with E-state index in [1.54, 1.807) is 0 Å². The second-order valence-corrected chi connectivity index (χ2v) is 6.66. The van der Waals surface area contributed by atoms with E-state index in [0.29, 0.717) is 0 Å². The molecule has 2 heterocycles. The van der Waals surface area contributed by atoms with E-state index in [4.69, 9.17) is 0 Å². The van der Waals surface area contributed by atoms with Crippen LogP contribution in [0.3, 0.4) is 0 Å². The number of rotatable bonds is 5. The first-order valence-corrected chi connectivity index (χ1v) is 7.77. The molecule has 1 aromatic rings. The van der Waals surface area contributed by atoms with Crippen LogP contribution >= 0.6 is 0 Å². The number of aryl methyl sites for hydroxylation is 2. The van der Waals surface area contributed by atoms with Crippen LogP contribution in [0.4, 0.5) is 0 Å². The van der Waals surface area contributed by atoms with Crippen LogP contribution in [0.1, 0.15) is 44.8 Å². The van der Waals surface area contributed by atoms with Crippen molar-refractivity contribution in [3.05, 3.63) is 23.3 Å². The Balaban J connectivity index is 2.05. The molecule has 0 radical (unpaired) electrons. The molecule has 0 amide bonds. The summed E-state index contributed by atoms with van der Waals surface area (Å²) in [4.78, 5) is 6.89. The van der Waals surface area contributed by atoms with Gasteiger partial charge in [0.25, 0.3) is 0 Å². The lowest BCUT2D eigenvalue weighted by molar-refractivity contribution is 0.0292. The quantitative estimate of drug-likeness (QED) is 0.844. The van der Waals surface area contributed by atoms with Gasteiger partial charge in [-0.15, -0.1) is 0 Å². The van der Waals surface area contributed by atoms with Gasteiger partial charge in [0.2, 0.25) is 0 Å². The fraction of sp³-hybridized carbons (Fsp3) is 0.750. The molecule has 1 aliphatic rings. The smallest absolute Gasteiger partial charge is 0.147 e. The summed E-state index contributed by atoms with van der Waals surface area (Å²) in [5.41, 5.74) is 1.33. The highest BCUT2D eigenvalue weighted by Gasteiger charge is 2.34. The van der Waals surface area contributed by atoms with E-state index in [1.165, 1.54) is 5.57 Å². The van der Waals surface area contributed by atoms with Gasteiger partial charge in [-0.05, 0) is 46.6 Å². The summed E-state index contributed by atoms with van der Waals surface area (Å²) in [7, 11) is 1.95. The fourth-order valence-corrected chi connectivity index (χ4v) is 3.12. The SMILES string of the molecule is CC(C)=CCC1(CO)CCCN(Cc2nc(C)nn2C)C1. The van der Waals surface area contributed by atoms with E-state index in [-0.39, 0.29) is 12.0 Å². The minimum absolute atomic E-state index is 0.00313. The van der Waals surface area contributed by atoms with Gasteiger partial charge in [0.05, 0.1) is 13.2 Å². The maximum atomic E-state index is 9.91. The molecular weight excluding hydrogens is 264 g/mol. The highest BCUT2D eigenvalue weighted by atomic mass is 16.3. The number of hydrogen-bond acceptors (Lipinski definition) is 4. The molecule has 1 saturated heterocycles. The van der Waals surface area contributed by atoms with Gasteiger partial charge in [-0.3, -0.25) is 9.58 Å². The van der Waals surface area contributed by atoms with Crippen LogP contribution in [0.25, 0.3) is 0 Å². The molecular formula is C16H28N4O. The van der Waals surface area contributed by atoms with Gasteiger partial charge in [0.15, 0.2) is 0 Å². The summed E-state index contributed by atoms with van der Waals surface area (Å²) in [5, 5.41) is 14.2. The maximum Gasteiger partial charge on any atom is 0.147 e. The van der Waals surface area contributed by atoms with E-state index in [9.17, 15) is 5.11 Å². The zero-order valence-electron chi connectivity index (χ0n) is 13.8. The highest BCUT2D eigenvalue weighted by Crippen LogP contribution is 2.34. The molecule has 5 heteroatoms. The number of likely N-dealkylation sites (tertiary alicyclic amines) is 1. The first-order valence-electron chi connectivity index (χ1n) is 7.77. The normalized spacial score (nSPS) is 23.3. The van der Waals surface area contributed by atoms with Gasteiger partial charge in [0, 0.05) is 19.0 Å². The van der Waals surface area contributed by atoms with Crippen LogP contribution in [-0.4, -0.2) is 44.5 Å². The summed E-state index contributed by atoms with van der Waals surface area (Å²) < 4.78 is 1.86. The summed E-state index contributed by atoms with van der Waals surface area (Å²) in [6.45, 7) is 9.23. The first kappa shape index (κ1) is 16.2. The lowest BCUT2D eigenvalue weighted by Gasteiger charge is -2.41. The van der Waals surface area contributed by atoms with Gasteiger partial charge in [-0.1, -0.05) is 11.6 Å². The number of aliphatic hydroxyl groups is 1. The van der Waals surface area contributed by atoms with Crippen LogP contribution in [-0.2, 0) is 13.6 Å². The number of aromatic nitrogens is 3. The predicted molar refractivity (Wildman–Crippen MR) is 83.8 cm³/mol. The van der Waals surface area contributed by atoms with Crippen LogP contribution in [0.2, 0.25) is 0 Å². The van der Waals surface area contributed by atoms with Crippen molar-refractivity contribution in [3.8, 4) is 0 Å². The Morgan fingerprint density at radius 2 is 2.19 bits per heavy atom. The van der Waals surface area contributed by atoms with Gasteiger partial charge in [-0.25, -0.2) is 4.98 Å². The first-order chi connectivity index (χ1) is 9.94.